The number of hydrogen-bond donors (Lipinski definition) is 0. The fourth-order valence-corrected chi connectivity index (χ4v) is 3.65. The molecular weight excluding hydrogens is 284 g/mol. The Morgan fingerprint density at radius 2 is 2.04 bits per heavy atom. The second kappa shape index (κ2) is 6.95. The third-order valence-electron chi connectivity index (χ3n) is 4.85. The minimum Gasteiger partial charge on any atom is -0.335 e. The Labute approximate surface area is 138 Å². The quantitative estimate of drug-likeness (QED) is 0.848. The van der Waals surface area contributed by atoms with E-state index in [4.69, 9.17) is 0 Å². The van der Waals surface area contributed by atoms with Crippen LogP contribution in [-0.4, -0.2) is 28.4 Å². The Morgan fingerprint density at radius 1 is 1.26 bits per heavy atom. The Morgan fingerprint density at radius 3 is 2.70 bits per heavy atom. The lowest BCUT2D eigenvalue weighted by Gasteiger charge is -2.31. The van der Waals surface area contributed by atoms with E-state index < -0.39 is 0 Å². The summed E-state index contributed by atoms with van der Waals surface area (Å²) in [5.74, 6) is 0.524. The van der Waals surface area contributed by atoms with E-state index in [0.717, 1.165) is 31.5 Å². The molecule has 1 saturated heterocycles. The number of pyridine rings is 1. The Bertz CT molecular complexity index is 651. The fourth-order valence-electron chi connectivity index (χ4n) is 3.65. The maximum Gasteiger partial charge on any atom is 0.255 e. The van der Waals surface area contributed by atoms with Crippen molar-refractivity contribution < 1.29 is 4.79 Å². The molecule has 1 fully saturated rings. The molecule has 0 radical (unpaired) electrons. The van der Waals surface area contributed by atoms with Crippen molar-refractivity contribution in [2.75, 3.05) is 6.54 Å². The Kier molecular flexibility index (Phi) is 4.75. The third kappa shape index (κ3) is 3.29. The zero-order chi connectivity index (χ0) is 16.2. The predicted octanol–water partition coefficient (Wildman–Crippen LogP) is 4.19. The van der Waals surface area contributed by atoms with Crippen molar-refractivity contribution in [3.8, 4) is 0 Å². The van der Waals surface area contributed by atoms with Gasteiger partial charge in [-0.25, -0.2) is 0 Å². The van der Waals surface area contributed by atoms with Gasteiger partial charge < -0.3 is 4.90 Å². The summed E-state index contributed by atoms with van der Waals surface area (Å²) in [5, 5.41) is 0. The van der Waals surface area contributed by atoms with Crippen LogP contribution in [0.25, 0.3) is 0 Å². The van der Waals surface area contributed by atoms with Crippen LogP contribution in [-0.2, 0) is 0 Å². The molecule has 2 aromatic rings. The maximum atomic E-state index is 12.9. The molecule has 0 saturated carbocycles. The molecule has 3 nitrogen and oxygen atoms in total. The van der Waals surface area contributed by atoms with Gasteiger partial charge in [0, 0.05) is 30.4 Å². The van der Waals surface area contributed by atoms with E-state index in [1.54, 1.807) is 6.20 Å². The number of aromatic nitrogens is 1. The largest absolute Gasteiger partial charge is 0.335 e. The molecule has 23 heavy (non-hydrogen) atoms. The van der Waals surface area contributed by atoms with Gasteiger partial charge in [-0.3, -0.25) is 9.78 Å². The van der Waals surface area contributed by atoms with Crippen molar-refractivity contribution in [2.24, 2.45) is 0 Å². The number of amides is 1. The number of carbonyl (C=O) groups excluding carboxylic acids is 1. The van der Waals surface area contributed by atoms with E-state index in [1.165, 1.54) is 5.56 Å². The monoisotopic (exact) mass is 308 g/mol. The molecule has 2 atom stereocenters. The van der Waals surface area contributed by atoms with Gasteiger partial charge in [-0.1, -0.05) is 37.3 Å². The first-order valence-corrected chi connectivity index (χ1v) is 8.49. The number of rotatable bonds is 4. The van der Waals surface area contributed by atoms with Crippen molar-refractivity contribution in [3.05, 3.63) is 65.5 Å². The summed E-state index contributed by atoms with van der Waals surface area (Å²) in [6, 6.07) is 14.7. The summed E-state index contributed by atoms with van der Waals surface area (Å²) in [6.07, 6.45) is 4.92. The molecule has 1 amide bonds. The van der Waals surface area contributed by atoms with Crippen molar-refractivity contribution in [3.63, 3.8) is 0 Å². The molecule has 0 bridgehead atoms. The van der Waals surface area contributed by atoms with Crippen LogP contribution in [0.4, 0.5) is 0 Å². The Hall–Kier alpha value is -2.16. The number of benzene rings is 1. The highest BCUT2D eigenvalue weighted by molar-refractivity contribution is 5.94. The van der Waals surface area contributed by atoms with Crippen LogP contribution >= 0.6 is 0 Å². The molecule has 0 spiro atoms. The predicted molar refractivity (Wildman–Crippen MR) is 92.5 cm³/mol. The number of aryl methyl sites for hydroxylation is 1. The number of nitrogens with zero attached hydrogens (tertiary/aromatic N) is 2. The van der Waals surface area contributed by atoms with Gasteiger partial charge >= 0.3 is 0 Å². The highest BCUT2D eigenvalue weighted by Gasteiger charge is 2.35. The number of likely N-dealkylation sites (tertiary alicyclic amines) is 1. The van der Waals surface area contributed by atoms with E-state index in [1.807, 2.05) is 25.1 Å². The Balaban J connectivity index is 1.84. The molecule has 3 heteroatoms. The van der Waals surface area contributed by atoms with E-state index in [-0.39, 0.29) is 11.9 Å². The number of hydrogen-bond acceptors (Lipinski definition) is 2. The van der Waals surface area contributed by atoms with Crippen LogP contribution in [0.15, 0.2) is 48.7 Å². The highest BCUT2D eigenvalue weighted by atomic mass is 16.2. The standard InChI is InChI=1S/C20H24N2O/c1-3-18(16-8-5-4-6-9-16)19-10-7-13-22(19)20(23)17-12-11-15(2)21-14-17/h4-6,8-9,11-12,14,18-19H,3,7,10,13H2,1-2H3/t18-,19-/m0/s1. The number of carbonyl (C=O) groups is 1. The first-order valence-electron chi connectivity index (χ1n) is 8.49. The van der Waals surface area contributed by atoms with Crippen molar-refractivity contribution >= 4 is 5.91 Å². The summed E-state index contributed by atoms with van der Waals surface area (Å²) < 4.78 is 0. The summed E-state index contributed by atoms with van der Waals surface area (Å²) in [7, 11) is 0. The molecule has 2 heterocycles. The van der Waals surface area contributed by atoms with Crippen molar-refractivity contribution in [1.82, 2.24) is 9.88 Å². The molecule has 1 aliphatic rings. The van der Waals surface area contributed by atoms with Gasteiger partial charge in [0.2, 0.25) is 0 Å². The summed E-state index contributed by atoms with van der Waals surface area (Å²) in [6.45, 7) is 5.00. The average Bonchev–Trinajstić information content (AvgIpc) is 3.06. The normalized spacial score (nSPS) is 18.9. The highest BCUT2D eigenvalue weighted by Crippen LogP contribution is 2.34. The average molecular weight is 308 g/mol. The van der Waals surface area contributed by atoms with E-state index in [2.05, 4.69) is 41.1 Å². The van der Waals surface area contributed by atoms with E-state index >= 15 is 0 Å². The molecular formula is C20H24N2O. The van der Waals surface area contributed by atoms with Crippen LogP contribution in [0, 0.1) is 6.92 Å². The molecule has 0 unspecified atom stereocenters. The van der Waals surface area contributed by atoms with Gasteiger partial charge in [0.15, 0.2) is 0 Å². The van der Waals surface area contributed by atoms with Crippen LogP contribution in [0.3, 0.4) is 0 Å². The SMILES string of the molecule is CC[C@@H](c1ccccc1)[C@@H]1CCCN1C(=O)c1ccc(C)nc1. The molecule has 1 aromatic carbocycles. The maximum absolute atomic E-state index is 12.9. The van der Waals surface area contributed by atoms with Crippen molar-refractivity contribution in [2.45, 2.75) is 45.1 Å². The fraction of sp³-hybridized carbons (Fsp3) is 0.400. The van der Waals surface area contributed by atoms with Crippen LogP contribution in [0.2, 0.25) is 0 Å². The second-order valence-electron chi connectivity index (χ2n) is 6.32. The minimum atomic E-state index is 0.120. The topological polar surface area (TPSA) is 33.2 Å². The lowest BCUT2D eigenvalue weighted by molar-refractivity contribution is 0.0714. The lowest BCUT2D eigenvalue weighted by Crippen LogP contribution is -2.39. The summed E-state index contributed by atoms with van der Waals surface area (Å²) >= 11 is 0. The molecule has 120 valence electrons. The summed E-state index contributed by atoms with van der Waals surface area (Å²) in [5.41, 5.74) is 2.97. The third-order valence-corrected chi connectivity index (χ3v) is 4.85. The van der Waals surface area contributed by atoms with Crippen molar-refractivity contribution in [1.29, 1.82) is 0 Å². The van der Waals surface area contributed by atoms with Gasteiger partial charge in [0.25, 0.3) is 5.91 Å². The molecule has 1 aliphatic heterocycles. The molecule has 0 aliphatic carbocycles. The van der Waals surface area contributed by atoms with Gasteiger partial charge in [-0.15, -0.1) is 0 Å². The van der Waals surface area contributed by atoms with Crippen LogP contribution in [0.1, 0.15) is 53.7 Å². The van der Waals surface area contributed by atoms with Gasteiger partial charge in [0.1, 0.15) is 0 Å². The first kappa shape index (κ1) is 15.7. The second-order valence-corrected chi connectivity index (χ2v) is 6.32. The molecule has 0 N–H and O–H groups in total. The molecule has 3 rings (SSSR count). The van der Waals surface area contributed by atoms with Crippen LogP contribution < -0.4 is 0 Å². The zero-order valence-electron chi connectivity index (χ0n) is 13.9. The van der Waals surface area contributed by atoms with E-state index in [0.29, 0.717) is 11.5 Å². The smallest absolute Gasteiger partial charge is 0.255 e. The first-order chi connectivity index (χ1) is 11.2. The van der Waals surface area contributed by atoms with E-state index in [9.17, 15) is 4.79 Å². The molecule has 1 aromatic heterocycles. The van der Waals surface area contributed by atoms with Gasteiger partial charge in [-0.2, -0.15) is 0 Å². The summed E-state index contributed by atoms with van der Waals surface area (Å²) in [4.78, 5) is 19.2. The van der Waals surface area contributed by atoms with Crippen LogP contribution in [0.5, 0.6) is 0 Å². The van der Waals surface area contributed by atoms with Gasteiger partial charge in [-0.05, 0) is 43.9 Å². The minimum absolute atomic E-state index is 0.120. The van der Waals surface area contributed by atoms with Gasteiger partial charge in [0.05, 0.1) is 5.56 Å². The lowest BCUT2D eigenvalue weighted by atomic mass is 9.87. The zero-order valence-corrected chi connectivity index (χ0v) is 13.9.